The standard InChI is InChI=1S/C27H22F3N5O2S/c1-17-25(23(36)16-34-15-20(27(28,29)30)8-13-24(34)37)26(38-22-11-9-21(10-12-22)32-33-31)18(2)35(17)14-19-6-4-3-5-7-19/h3-13,15H,14,16H2,1-2H3. The number of benzene rings is 2. The largest absolute Gasteiger partial charge is 0.417 e. The minimum Gasteiger partial charge on any atom is -0.343 e. The molecule has 0 fully saturated rings. The van der Waals surface area contributed by atoms with E-state index in [4.69, 9.17) is 5.53 Å². The molecule has 0 bridgehead atoms. The van der Waals surface area contributed by atoms with Crippen molar-refractivity contribution < 1.29 is 18.0 Å². The van der Waals surface area contributed by atoms with Gasteiger partial charge in [0.2, 0.25) is 0 Å². The van der Waals surface area contributed by atoms with Crippen LogP contribution in [0.2, 0.25) is 0 Å². The number of pyridine rings is 1. The molecular weight excluding hydrogens is 515 g/mol. The van der Waals surface area contributed by atoms with Crippen molar-refractivity contribution in [3.8, 4) is 0 Å². The summed E-state index contributed by atoms with van der Waals surface area (Å²) < 4.78 is 42.5. The van der Waals surface area contributed by atoms with Crippen molar-refractivity contribution in [2.45, 2.75) is 42.9 Å². The number of hydrogen-bond donors (Lipinski definition) is 0. The van der Waals surface area contributed by atoms with E-state index in [1.807, 2.05) is 41.8 Å². The molecule has 0 unspecified atom stereocenters. The van der Waals surface area contributed by atoms with Gasteiger partial charge in [0, 0.05) is 50.6 Å². The second-order valence-corrected chi connectivity index (χ2v) is 9.62. The fraction of sp³-hybridized carbons (Fsp3) is 0.185. The Labute approximate surface area is 220 Å². The zero-order valence-electron chi connectivity index (χ0n) is 20.4. The quantitative estimate of drug-likeness (QED) is 0.102. The van der Waals surface area contributed by atoms with E-state index in [0.29, 0.717) is 40.6 Å². The van der Waals surface area contributed by atoms with Crippen LogP contribution in [0.15, 0.2) is 92.6 Å². The first-order chi connectivity index (χ1) is 18.1. The van der Waals surface area contributed by atoms with E-state index in [1.165, 1.54) is 11.8 Å². The molecule has 0 N–H and O–H groups in total. The average molecular weight is 538 g/mol. The molecule has 0 radical (unpaired) electrons. The lowest BCUT2D eigenvalue weighted by atomic mass is 10.1. The molecular formula is C27H22F3N5O2S. The van der Waals surface area contributed by atoms with E-state index in [0.717, 1.165) is 26.8 Å². The highest BCUT2D eigenvalue weighted by atomic mass is 32.2. The fourth-order valence-corrected chi connectivity index (χ4v) is 5.25. The SMILES string of the molecule is Cc1c(Sc2ccc(N=[N+]=[N-])cc2)c(C(=O)Cn2cc(C(F)(F)F)ccc2=O)c(C)n1Cc1ccccc1. The zero-order chi connectivity index (χ0) is 27.4. The number of rotatable bonds is 8. The molecule has 0 aliphatic heterocycles. The number of Topliss-reactive ketones (excluding diaryl/α,β-unsaturated/α-hetero) is 1. The van der Waals surface area contributed by atoms with Gasteiger partial charge in [0.05, 0.1) is 17.7 Å². The molecule has 4 rings (SSSR count). The summed E-state index contributed by atoms with van der Waals surface area (Å²) in [5.74, 6) is -0.480. The van der Waals surface area contributed by atoms with Gasteiger partial charge in [-0.1, -0.05) is 59.3 Å². The third-order valence-corrected chi connectivity index (χ3v) is 7.24. The first-order valence-corrected chi connectivity index (χ1v) is 12.3. The predicted octanol–water partition coefficient (Wildman–Crippen LogP) is 7.31. The zero-order valence-corrected chi connectivity index (χ0v) is 21.3. The predicted molar refractivity (Wildman–Crippen MR) is 139 cm³/mol. The minimum atomic E-state index is -4.65. The molecule has 194 valence electrons. The van der Waals surface area contributed by atoms with Gasteiger partial charge < -0.3 is 9.13 Å². The fourth-order valence-electron chi connectivity index (χ4n) is 4.12. The van der Waals surface area contributed by atoms with E-state index < -0.39 is 29.6 Å². The topological polar surface area (TPSA) is 92.8 Å². The third kappa shape index (κ3) is 5.85. The number of aromatic nitrogens is 2. The highest BCUT2D eigenvalue weighted by Crippen LogP contribution is 2.38. The van der Waals surface area contributed by atoms with Crippen molar-refractivity contribution in [1.29, 1.82) is 0 Å². The van der Waals surface area contributed by atoms with Crippen LogP contribution in [0.1, 0.15) is 32.9 Å². The van der Waals surface area contributed by atoms with E-state index in [2.05, 4.69) is 10.0 Å². The molecule has 0 spiro atoms. The van der Waals surface area contributed by atoms with Gasteiger partial charge in [-0.05, 0) is 43.1 Å². The van der Waals surface area contributed by atoms with Crippen LogP contribution in [0.5, 0.6) is 0 Å². The van der Waals surface area contributed by atoms with E-state index in [9.17, 15) is 22.8 Å². The molecule has 0 amide bonds. The number of alkyl halides is 3. The summed E-state index contributed by atoms with van der Waals surface area (Å²) in [6, 6.07) is 18.0. The van der Waals surface area contributed by atoms with Crippen LogP contribution < -0.4 is 5.56 Å². The molecule has 0 aliphatic carbocycles. The van der Waals surface area contributed by atoms with Gasteiger partial charge in [-0.2, -0.15) is 13.2 Å². The number of ketones is 1. The number of hydrogen-bond acceptors (Lipinski definition) is 4. The van der Waals surface area contributed by atoms with Gasteiger partial charge in [0.15, 0.2) is 5.78 Å². The summed E-state index contributed by atoms with van der Waals surface area (Å²) >= 11 is 1.32. The van der Waals surface area contributed by atoms with Gasteiger partial charge in [-0.25, -0.2) is 0 Å². The Balaban J connectivity index is 1.77. The Morgan fingerprint density at radius 2 is 1.68 bits per heavy atom. The van der Waals surface area contributed by atoms with Crippen LogP contribution in [-0.4, -0.2) is 14.9 Å². The summed E-state index contributed by atoms with van der Waals surface area (Å²) in [6.45, 7) is 3.60. The van der Waals surface area contributed by atoms with E-state index >= 15 is 0 Å². The van der Waals surface area contributed by atoms with Crippen LogP contribution in [-0.2, 0) is 19.3 Å². The Morgan fingerprint density at radius 1 is 1.00 bits per heavy atom. The normalized spacial score (nSPS) is 11.3. The van der Waals surface area contributed by atoms with Crippen molar-refractivity contribution in [2.24, 2.45) is 5.11 Å². The van der Waals surface area contributed by atoms with Crippen LogP contribution >= 0.6 is 11.8 Å². The lowest BCUT2D eigenvalue weighted by Gasteiger charge is -2.11. The molecule has 0 saturated heterocycles. The van der Waals surface area contributed by atoms with E-state index in [1.54, 1.807) is 31.2 Å². The number of carbonyl (C=O) groups is 1. The van der Waals surface area contributed by atoms with Crippen molar-refractivity contribution in [3.05, 3.63) is 122 Å². The number of nitrogens with zero attached hydrogens (tertiary/aromatic N) is 5. The van der Waals surface area contributed by atoms with Crippen LogP contribution in [0.3, 0.4) is 0 Å². The molecule has 38 heavy (non-hydrogen) atoms. The monoisotopic (exact) mass is 537 g/mol. The summed E-state index contributed by atoms with van der Waals surface area (Å²) in [7, 11) is 0. The molecule has 2 aromatic carbocycles. The second-order valence-electron chi connectivity index (χ2n) is 8.54. The van der Waals surface area contributed by atoms with Gasteiger partial charge in [0.25, 0.3) is 5.56 Å². The van der Waals surface area contributed by atoms with Crippen molar-refractivity contribution >= 4 is 23.2 Å². The van der Waals surface area contributed by atoms with Gasteiger partial charge >= 0.3 is 6.18 Å². The van der Waals surface area contributed by atoms with Crippen molar-refractivity contribution in [1.82, 2.24) is 9.13 Å². The average Bonchev–Trinajstić information content (AvgIpc) is 3.10. The molecule has 2 aromatic heterocycles. The van der Waals surface area contributed by atoms with Crippen molar-refractivity contribution in [3.63, 3.8) is 0 Å². The van der Waals surface area contributed by atoms with Crippen LogP contribution in [0.4, 0.5) is 18.9 Å². The Kier molecular flexibility index (Phi) is 7.80. The highest BCUT2D eigenvalue weighted by molar-refractivity contribution is 7.99. The second kappa shape index (κ2) is 11.0. The number of carbonyl (C=O) groups excluding carboxylic acids is 1. The molecule has 4 aromatic rings. The molecule has 11 heteroatoms. The molecule has 0 aliphatic rings. The molecule has 0 saturated carbocycles. The maximum absolute atomic E-state index is 13.6. The lowest BCUT2D eigenvalue weighted by molar-refractivity contribution is -0.138. The molecule has 0 atom stereocenters. The first-order valence-electron chi connectivity index (χ1n) is 11.5. The van der Waals surface area contributed by atoms with Gasteiger partial charge in [-0.3, -0.25) is 9.59 Å². The first kappa shape index (κ1) is 26.8. The number of halogens is 3. The van der Waals surface area contributed by atoms with Gasteiger partial charge in [-0.15, -0.1) is 0 Å². The lowest BCUT2D eigenvalue weighted by Crippen LogP contribution is -2.25. The number of azide groups is 1. The molecule has 7 nitrogen and oxygen atoms in total. The Hall–Kier alpha value is -4.21. The van der Waals surface area contributed by atoms with Gasteiger partial charge in [0.1, 0.15) is 0 Å². The Bertz CT molecular complexity index is 1590. The van der Waals surface area contributed by atoms with Crippen molar-refractivity contribution in [2.75, 3.05) is 0 Å². The van der Waals surface area contributed by atoms with Crippen LogP contribution in [0.25, 0.3) is 10.4 Å². The summed E-state index contributed by atoms with van der Waals surface area (Å²) in [4.78, 5) is 30.1. The summed E-state index contributed by atoms with van der Waals surface area (Å²) in [6.07, 6.45) is -3.97. The smallest absolute Gasteiger partial charge is 0.343 e. The maximum Gasteiger partial charge on any atom is 0.417 e. The Morgan fingerprint density at radius 3 is 2.32 bits per heavy atom. The van der Waals surface area contributed by atoms with E-state index in [-0.39, 0.29) is 0 Å². The summed E-state index contributed by atoms with van der Waals surface area (Å²) in [5, 5.41) is 3.56. The minimum absolute atomic E-state index is 0.340. The third-order valence-electron chi connectivity index (χ3n) is 6.03. The molecule has 2 heterocycles. The highest BCUT2D eigenvalue weighted by Gasteiger charge is 2.31. The maximum atomic E-state index is 13.6. The van der Waals surface area contributed by atoms with Crippen LogP contribution in [0, 0.1) is 13.8 Å². The summed E-state index contributed by atoms with van der Waals surface area (Å²) in [5.41, 5.74) is 10.2.